The maximum Gasteiger partial charge on any atom is 0.330 e. The van der Waals surface area contributed by atoms with E-state index in [9.17, 15) is 14.4 Å². The van der Waals surface area contributed by atoms with Gasteiger partial charge in [-0.05, 0) is 64.7 Å². The lowest BCUT2D eigenvalue weighted by atomic mass is 9.97. The lowest BCUT2D eigenvalue weighted by Gasteiger charge is -2.16. The fourth-order valence-corrected chi connectivity index (χ4v) is 5.23. The molecule has 1 amide bonds. The molecule has 0 unspecified atom stereocenters. The fourth-order valence-electron chi connectivity index (χ4n) is 4.26. The minimum Gasteiger partial charge on any atom is -0.355 e. The molecule has 2 heterocycles. The van der Waals surface area contributed by atoms with Gasteiger partial charge in [0.25, 0.3) is 5.56 Å². The van der Waals surface area contributed by atoms with Crippen LogP contribution >= 0.6 is 11.8 Å². The molecule has 0 aromatic carbocycles. The van der Waals surface area contributed by atoms with Crippen molar-refractivity contribution in [2.75, 3.05) is 6.54 Å². The number of nitrogens with zero attached hydrogens (tertiary/aromatic N) is 3. The van der Waals surface area contributed by atoms with E-state index in [0.29, 0.717) is 28.4 Å². The summed E-state index contributed by atoms with van der Waals surface area (Å²) in [6.07, 6.45) is 11.8. The van der Waals surface area contributed by atoms with Crippen molar-refractivity contribution in [3.63, 3.8) is 0 Å². The number of aromatic nitrogens is 4. The Labute approximate surface area is 190 Å². The Morgan fingerprint density at radius 2 is 2.06 bits per heavy atom. The average Bonchev–Trinajstić information content (AvgIpc) is 3.68. The van der Waals surface area contributed by atoms with Gasteiger partial charge in [0.05, 0.1) is 5.25 Å². The number of fused-ring (bicyclic) bond motifs is 1. The Kier molecular flexibility index (Phi) is 5.92. The van der Waals surface area contributed by atoms with E-state index in [2.05, 4.69) is 26.3 Å². The third-order valence-electron chi connectivity index (χ3n) is 6.41. The molecule has 9 heteroatoms. The van der Waals surface area contributed by atoms with E-state index in [1.807, 2.05) is 6.92 Å². The molecule has 0 saturated heterocycles. The van der Waals surface area contributed by atoms with Crippen molar-refractivity contribution in [1.82, 2.24) is 24.8 Å². The number of allylic oxidation sites excluding steroid dienone is 1. The number of carbonyl (C=O) groups excluding carboxylic acids is 1. The van der Waals surface area contributed by atoms with Crippen LogP contribution in [0.4, 0.5) is 0 Å². The van der Waals surface area contributed by atoms with Gasteiger partial charge in [0.2, 0.25) is 5.91 Å². The molecule has 5 rings (SSSR count). The molecule has 3 aliphatic rings. The lowest BCUT2D eigenvalue weighted by molar-refractivity contribution is -0.120. The van der Waals surface area contributed by atoms with Crippen molar-refractivity contribution < 1.29 is 4.79 Å². The summed E-state index contributed by atoms with van der Waals surface area (Å²) < 4.78 is 1.61. The molecule has 2 saturated carbocycles. The van der Waals surface area contributed by atoms with Crippen LogP contribution in [0.15, 0.2) is 26.3 Å². The van der Waals surface area contributed by atoms with Gasteiger partial charge in [-0.15, -0.1) is 0 Å². The monoisotopic (exact) mass is 455 g/mol. The van der Waals surface area contributed by atoms with Crippen LogP contribution in [0.1, 0.15) is 82.5 Å². The van der Waals surface area contributed by atoms with Crippen LogP contribution in [0.25, 0.3) is 11.0 Å². The number of hydrogen-bond donors (Lipinski definition) is 2. The van der Waals surface area contributed by atoms with E-state index < -0.39 is 16.5 Å². The number of H-pyrrole nitrogens is 1. The number of amides is 1. The summed E-state index contributed by atoms with van der Waals surface area (Å²) in [6.45, 7) is 2.45. The van der Waals surface area contributed by atoms with Gasteiger partial charge in [-0.25, -0.2) is 14.8 Å². The van der Waals surface area contributed by atoms with Gasteiger partial charge >= 0.3 is 5.69 Å². The van der Waals surface area contributed by atoms with Crippen LogP contribution in [-0.2, 0) is 4.79 Å². The molecule has 2 aromatic rings. The average molecular weight is 456 g/mol. The predicted octanol–water partition coefficient (Wildman–Crippen LogP) is 3.18. The highest BCUT2D eigenvalue weighted by molar-refractivity contribution is 8.00. The van der Waals surface area contributed by atoms with Gasteiger partial charge in [-0.1, -0.05) is 23.4 Å². The highest BCUT2D eigenvalue weighted by Crippen LogP contribution is 2.41. The summed E-state index contributed by atoms with van der Waals surface area (Å²) in [4.78, 5) is 49.7. The van der Waals surface area contributed by atoms with Gasteiger partial charge < -0.3 is 5.32 Å². The molecule has 2 N–H and O–H groups in total. The highest BCUT2D eigenvalue weighted by atomic mass is 32.2. The number of hydrogen-bond acceptors (Lipinski definition) is 6. The zero-order valence-corrected chi connectivity index (χ0v) is 19.2. The van der Waals surface area contributed by atoms with E-state index in [1.165, 1.54) is 30.2 Å². The first-order chi connectivity index (χ1) is 15.5. The summed E-state index contributed by atoms with van der Waals surface area (Å²) >= 11 is 1.27. The topological polar surface area (TPSA) is 110 Å². The highest BCUT2D eigenvalue weighted by Gasteiger charge is 2.33. The Balaban J connectivity index is 1.38. The second kappa shape index (κ2) is 8.84. The molecule has 3 aliphatic carbocycles. The zero-order chi connectivity index (χ0) is 22.2. The minimum atomic E-state index is -0.483. The molecule has 2 fully saturated rings. The lowest BCUT2D eigenvalue weighted by Crippen LogP contribution is -2.33. The van der Waals surface area contributed by atoms with Crippen LogP contribution in [0, 0.1) is 0 Å². The number of aromatic amines is 1. The van der Waals surface area contributed by atoms with Crippen LogP contribution in [-0.4, -0.2) is 37.2 Å². The SMILES string of the molecule is C[C@@H](Sc1nc(C2CC2)nc2c1c(=O)[nH]c(=O)n2C1CC1)C(=O)NCCC1=CCCCC1. The third kappa shape index (κ3) is 4.53. The maximum atomic E-state index is 12.7. The van der Waals surface area contributed by atoms with Gasteiger partial charge in [0.1, 0.15) is 16.2 Å². The second-order valence-electron chi connectivity index (χ2n) is 9.13. The van der Waals surface area contributed by atoms with Crippen LogP contribution in [0.5, 0.6) is 0 Å². The Morgan fingerprint density at radius 1 is 1.25 bits per heavy atom. The number of carbonyl (C=O) groups is 1. The van der Waals surface area contributed by atoms with Crippen molar-refractivity contribution >= 4 is 28.7 Å². The molecule has 0 radical (unpaired) electrons. The summed E-state index contributed by atoms with van der Waals surface area (Å²) in [6, 6.07) is 0.0801. The first-order valence-electron chi connectivity index (χ1n) is 11.7. The smallest absolute Gasteiger partial charge is 0.330 e. The summed E-state index contributed by atoms with van der Waals surface area (Å²) in [5, 5.41) is 3.42. The minimum absolute atomic E-state index is 0.0712. The summed E-state index contributed by atoms with van der Waals surface area (Å²) in [5.41, 5.74) is 0.947. The largest absolute Gasteiger partial charge is 0.355 e. The molecule has 170 valence electrons. The molecule has 8 nitrogen and oxygen atoms in total. The molecule has 0 bridgehead atoms. The third-order valence-corrected chi connectivity index (χ3v) is 7.50. The number of rotatable bonds is 8. The van der Waals surface area contributed by atoms with Crippen LogP contribution < -0.4 is 16.6 Å². The van der Waals surface area contributed by atoms with Crippen LogP contribution in [0.3, 0.4) is 0 Å². The number of nitrogens with one attached hydrogen (secondary N) is 2. The first-order valence-corrected chi connectivity index (χ1v) is 12.6. The quantitative estimate of drug-likeness (QED) is 0.359. The Bertz CT molecular complexity index is 1190. The predicted molar refractivity (Wildman–Crippen MR) is 124 cm³/mol. The molecular weight excluding hydrogens is 426 g/mol. The van der Waals surface area contributed by atoms with Crippen molar-refractivity contribution in [2.24, 2.45) is 0 Å². The summed E-state index contributed by atoms with van der Waals surface area (Å²) in [5.74, 6) is 0.878. The van der Waals surface area contributed by atoms with Crippen molar-refractivity contribution in [3.05, 3.63) is 38.3 Å². The van der Waals surface area contributed by atoms with Crippen molar-refractivity contribution in [2.45, 2.75) is 86.9 Å². The van der Waals surface area contributed by atoms with Gasteiger partial charge in [-0.2, -0.15) is 0 Å². The van der Waals surface area contributed by atoms with E-state index in [1.54, 1.807) is 4.57 Å². The van der Waals surface area contributed by atoms with Crippen molar-refractivity contribution in [3.8, 4) is 0 Å². The Morgan fingerprint density at radius 3 is 2.75 bits per heavy atom. The number of thioether (sulfide) groups is 1. The maximum absolute atomic E-state index is 12.7. The molecule has 0 aliphatic heterocycles. The standard InChI is InChI=1S/C23H29N5O3S/c1-13(20(29)24-12-11-14-5-3-2-4-6-14)32-22-17-19(25-18(26-22)15-7-8-15)28(16-9-10-16)23(31)27-21(17)30/h5,13,15-16H,2-4,6-12H2,1H3,(H,24,29)(H,27,30,31)/t13-/m1/s1. The summed E-state index contributed by atoms with van der Waals surface area (Å²) in [7, 11) is 0. The van der Waals surface area contributed by atoms with Gasteiger partial charge in [-0.3, -0.25) is 19.1 Å². The van der Waals surface area contributed by atoms with E-state index in [0.717, 1.165) is 44.9 Å². The zero-order valence-electron chi connectivity index (χ0n) is 18.4. The van der Waals surface area contributed by atoms with E-state index >= 15 is 0 Å². The Hall–Kier alpha value is -2.42. The molecule has 1 atom stereocenters. The fraction of sp³-hybridized carbons (Fsp3) is 0.609. The molecule has 32 heavy (non-hydrogen) atoms. The van der Waals surface area contributed by atoms with Gasteiger partial charge in [0.15, 0.2) is 5.65 Å². The molecular formula is C23H29N5O3S. The van der Waals surface area contributed by atoms with Crippen LogP contribution in [0.2, 0.25) is 0 Å². The second-order valence-corrected chi connectivity index (χ2v) is 10.5. The normalized spacial score (nSPS) is 19.6. The van der Waals surface area contributed by atoms with Crippen molar-refractivity contribution in [1.29, 1.82) is 0 Å². The molecule has 2 aromatic heterocycles. The van der Waals surface area contributed by atoms with Gasteiger partial charge in [0, 0.05) is 18.5 Å². The van der Waals surface area contributed by atoms with E-state index in [4.69, 9.17) is 0 Å². The molecule has 0 spiro atoms. The van der Waals surface area contributed by atoms with E-state index in [-0.39, 0.29) is 17.9 Å². The first kappa shape index (κ1) is 21.4.